The van der Waals surface area contributed by atoms with E-state index < -0.39 is 6.10 Å². The van der Waals surface area contributed by atoms with Gasteiger partial charge in [0.2, 0.25) is 0 Å². The van der Waals surface area contributed by atoms with Crippen LogP contribution in [-0.4, -0.2) is 51.6 Å². The normalized spacial score (nSPS) is 20.2. The lowest BCUT2D eigenvalue weighted by molar-refractivity contribution is 0.00213. The van der Waals surface area contributed by atoms with Crippen LogP contribution in [0.5, 0.6) is 0 Å². The van der Waals surface area contributed by atoms with E-state index in [0.29, 0.717) is 25.8 Å². The lowest BCUT2D eigenvalue weighted by Gasteiger charge is -2.26. The summed E-state index contributed by atoms with van der Waals surface area (Å²) in [5, 5.41) is 14.6. The first-order valence-corrected chi connectivity index (χ1v) is 8.22. The molecule has 1 aliphatic heterocycles. The third-order valence-corrected chi connectivity index (χ3v) is 4.24. The molecule has 0 spiro atoms. The zero-order valence-electron chi connectivity index (χ0n) is 13.6. The molecule has 6 nitrogen and oxygen atoms in total. The summed E-state index contributed by atoms with van der Waals surface area (Å²) < 4.78 is 12.7. The van der Waals surface area contributed by atoms with E-state index in [0.717, 1.165) is 25.3 Å². The summed E-state index contributed by atoms with van der Waals surface area (Å²) in [6.07, 6.45) is 7.42. The van der Waals surface area contributed by atoms with Crippen LogP contribution in [0.4, 0.5) is 0 Å². The van der Waals surface area contributed by atoms with Crippen molar-refractivity contribution in [3.63, 3.8) is 0 Å². The average molecular weight is 319 g/mol. The van der Waals surface area contributed by atoms with Crippen LogP contribution in [-0.2, 0) is 17.9 Å². The van der Waals surface area contributed by atoms with Crippen LogP contribution in [0.15, 0.2) is 35.2 Å². The number of hydrogen-bond donors (Lipinski definition) is 1. The van der Waals surface area contributed by atoms with Gasteiger partial charge in [-0.3, -0.25) is 9.58 Å². The molecule has 126 valence electrons. The number of aliphatic hydroxyl groups excluding tert-OH is 1. The number of furan rings is 1. The molecule has 1 saturated heterocycles. The maximum Gasteiger partial charge on any atom is 0.129 e. The lowest BCUT2D eigenvalue weighted by atomic mass is 10.2. The highest BCUT2D eigenvalue weighted by atomic mass is 16.5. The van der Waals surface area contributed by atoms with Gasteiger partial charge in [-0.2, -0.15) is 5.10 Å². The molecule has 0 saturated carbocycles. The molecule has 1 N–H and O–H groups in total. The van der Waals surface area contributed by atoms with E-state index >= 15 is 0 Å². The van der Waals surface area contributed by atoms with Gasteiger partial charge in [0, 0.05) is 18.8 Å². The van der Waals surface area contributed by atoms with E-state index in [1.165, 1.54) is 12.0 Å². The van der Waals surface area contributed by atoms with Crippen molar-refractivity contribution in [3.05, 3.63) is 42.1 Å². The maximum absolute atomic E-state index is 10.2. The van der Waals surface area contributed by atoms with Crippen LogP contribution in [0.25, 0.3) is 0 Å². The Morgan fingerprint density at radius 1 is 1.52 bits per heavy atom. The highest BCUT2D eigenvalue weighted by molar-refractivity contribution is 5.00. The highest BCUT2D eigenvalue weighted by Crippen LogP contribution is 2.19. The van der Waals surface area contributed by atoms with Crippen molar-refractivity contribution in [2.24, 2.45) is 0 Å². The van der Waals surface area contributed by atoms with E-state index in [-0.39, 0.29) is 0 Å². The first-order valence-electron chi connectivity index (χ1n) is 8.22. The summed E-state index contributed by atoms with van der Waals surface area (Å²) >= 11 is 0. The van der Waals surface area contributed by atoms with Gasteiger partial charge < -0.3 is 14.3 Å². The van der Waals surface area contributed by atoms with Crippen LogP contribution in [0.1, 0.15) is 24.2 Å². The van der Waals surface area contributed by atoms with E-state index in [1.807, 2.05) is 23.0 Å². The number of aryl methyl sites for hydroxylation is 1. The van der Waals surface area contributed by atoms with Crippen molar-refractivity contribution < 1.29 is 14.3 Å². The van der Waals surface area contributed by atoms with Crippen LogP contribution < -0.4 is 0 Å². The molecule has 23 heavy (non-hydrogen) atoms. The SMILES string of the molecule is Cc1cnn(C[C@@H]2CCCN2C[C@H](O)COCc2ccco2)c1. The minimum absolute atomic E-state index is 0.324. The summed E-state index contributed by atoms with van der Waals surface area (Å²) in [5.74, 6) is 0.783. The number of nitrogens with zero attached hydrogens (tertiary/aromatic N) is 3. The van der Waals surface area contributed by atoms with E-state index in [9.17, 15) is 5.11 Å². The molecule has 2 aromatic heterocycles. The summed E-state index contributed by atoms with van der Waals surface area (Å²) in [7, 11) is 0. The Kier molecular flexibility index (Phi) is 5.48. The molecule has 1 aliphatic rings. The van der Waals surface area contributed by atoms with Crippen molar-refractivity contribution in [1.82, 2.24) is 14.7 Å². The molecule has 0 bridgehead atoms. The molecule has 6 heteroatoms. The summed E-state index contributed by atoms with van der Waals surface area (Å²) in [6.45, 7) is 5.33. The zero-order valence-corrected chi connectivity index (χ0v) is 13.6. The summed E-state index contributed by atoms with van der Waals surface area (Å²) in [5.41, 5.74) is 1.18. The van der Waals surface area contributed by atoms with Crippen molar-refractivity contribution in [2.45, 2.75) is 45.1 Å². The van der Waals surface area contributed by atoms with Crippen LogP contribution in [0.2, 0.25) is 0 Å². The monoisotopic (exact) mass is 319 g/mol. The van der Waals surface area contributed by atoms with Crippen molar-refractivity contribution in [3.8, 4) is 0 Å². The number of likely N-dealkylation sites (tertiary alicyclic amines) is 1. The zero-order chi connectivity index (χ0) is 16.1. The topological polar surface area (TPSA) is 63.7 Å². The smallest absolute Gasteiger partial charge is 0.129 e. The van der Waals surface area contributed by atoms with E-state index in [4.69, 9.17) is 9.15 Å². The molecule has 0 radical (unpaired) electrons. The molecule has 1 fully saturated rings. The minimum atomic E-state index is -0.482. The Balaban J connectivity index is 1.42. The first-order chi connectivity index (χ1) is 11.2. The summed E-state index contributed by atoms with van der Waals surface area (Å²) in [4.78, 5) is 2.35. The number of aromatic nitrogens is 2. The minimum Gasteiger partial charge on any atom is -0.467 e. The second-order valence-corrected chi connectivity index (χ2v) is 6.28. The molecule has 0 aliphatic carbocycles. The second kappa shape index (κ2) is 7.77. The third-order valence-electron chi connectivity index (χ3n) is 4.24. The third kappa shape index (κ3) is 4.67. The average Bonchev–Trinajstić information content (AvgIpc) is 3.24. The van der Waals surface area contributed by atoms with E-state index in [2.05, 4.69) is 23.1 Å². The number of β-amino-alcohol motifs (C(OH)–C–C–N with tert-alkyl or cyclic N) is 1. The first kappa shape index (κ1) is 16.2. The van der Waals surface area contributed by atoms with Gasteiger partial charge in [-0.25, -0.2) is 0 Å². The molecule has 2 aromatic rings. The van der Waals surface area contributed by atoms with Gasteiger partial charge in [0.1, 0.15) is 12.4 Å². The fourth-order valence-electron chi connectivity index (χ4n) is 3.14. The van der Waals surface area contributed by atoms with E-state index in [1.54, 1.807) is 6.26 Å². The number of ether oxygens (including phenoxy) is 1. The molecule has 0 unspecified atom stereocenters. The van der Waals surface area contributed by atoms with Gasteiger partial charge in [-0.1, -0.05) is 0 Å². The Labute approximate surface area is 136 Å². The maximum atomic E-state index is 10.2. The Bertz CT molecular complexity index is 582. The van der Waals surface area contributed by atoms with Gasteiger partial charge in [0.25, 0.3) is 0 Å². The molecule has 3 heterocycles. The molecule has 0 aromatic carbocycles. The Morgan fingerprint density at radius 2 is 2.43 bits per heavy atom. The Hall–Kier alpha value is -1.63. The van der Waals surface area contributed by atoms with Gasteiger partial charge in [-0.15, -0.1) is 0 Å². The summed E-state index contributed by atoms with van der Waals surface area (Å²) in [6, 6.07) is 4.14. The Morgan fingerprint density at radius 3 is 3.17 bits per heavy atom. The van der Waals surface area contributed by atoms with Crippen LogP contribution >= 0.6 is 0 Å². The van der Waals surface area contributed by atoms with Gasteiger partial charge in [0.05, 0.1) is 31.7 Å². The lowest BCUT2D eigenvalue weighted by Crippen LogP contribution is -2.40. The highest BCUT2D eigenvalue weighted by Gasteiger charge is 2.26. The van der Waals surface area contributed by atoms with Gasteiger partial charge >= 0.3 is 0 Å². The number of rotatable bonds is 8. The van der Waals surface area contributed by atoms with Crippen LogP contribution in [0, 0.1) is 6.92 Å². The van der Waals surface area contributed by atoms with Crippen molar-refractivity contribution in [2.75, 3.05) is 19.7 Å². The molecule has 3 rings (SSSR count). The van der Waals surface area contributed by atoms with Crippen molar-refractivity contribution in [1.29, 1.82) is 0 Å². The fraction of sp³-hybridized carbons (Fsp3) is 0.588. The standard InChI is InChI=1S/C17H25N3O3/c1-14-8-18-20(9-14)10-15-4-2-6-19(15)11-16(21)12-22-13-17-5-3-7-23-17/h3,5,7-9,15-16,21H,2,4,6,10-13H2,1H3/t15-,16-/m0/s1. The largest absolute Gasteiger partial charge is 0.467 e. The fourth-order valence-corrected chi connectivity index (χ4v) is 3.14. The molecule has 2 atom stereocenters. The predicted molar refractivity (Wildman–Crippen MR) is 85.9 cm³/mol. The quantitative estimate of drug-likeness (QED) is 0.804. The number of hydrogen-bond acceptors (Lipinski definition) is 5. The molecule has 0 amide bonds. The van der Waals surface area contributed by atoms with Gasteiger partial charge in [-0.05, 0) is 44.0 Å². The predicted octanol–water partition coefficient (Wildman–Crippen LogP) is 1.83. The number of aliphatic hydroxyl groups is 1. The molecular formula is C17H25N3O3. The van der Waals surface area contributed by atoms with Crippen LogP contribution in [0.3, 0.4) is 0 Å². The van der Waals surface area contributed by atoms with Crippen molar-refractivity contribution >= 4 is 0 Å². The van der Waals surface area contributed by atoms with Gasteiger partial charge in [0.15, 0.2) is 0 Å². The second-order valence-electron chi connectivity index (χ2n) is 6.28. The molecular weight excluding hydrogens is 294 g/mol.